The van der Waals surface area contributed by atoms with E-state index in [0.717, 1.165) is 6.42 Å². The van der Waals surface area contributed by atoms with Gasteiger partial charge in [-0.05, 0) is 18.8 Å². The van der Waals surface area contributed by atoms with E-state index in [1.807, 2.05) is 0 Å². The lowest BCUT2D eigenvalue weighted by molar-refractivity contribution is -0.136. The van der Waals surface area contributed by atoms with Crippen molar-refractivity contribution >= 4 is 11.9 Å². The van der Waals surface area contributed by atoms with Gasteiger partial charge in [0.05, 0.1) is 7.11 Å². The van der Waals surface area contributed by atoms with Gasteiger partial charge in [-0.2, -0.15) is 0 Å². The number of hydrogen-bond donors (Lipinski definition) is 1. The van der Waals surface area contributed by atoms with Crippen molar-refractivity contribution in [1.29, 1.82) is 0 Å². The number of carbonyl (C=O) groups is 2. The molecule has 0 aromatic carbocycles. The maximum absolute atomic E-state index is 10.2. The zero-order valence-corrected chi connectivity index (χ0v) is 11.2. The minimum atomic E-state index is -0.871. The van der Waals surface area contributed by atoms with Crippen molar-refractivity contribution in [2.45, 2.75) is 34.1 Å². The number of methoxy groups -OCH3 is 1. The molecule has 0 saturated heterocycles. The van der Waals surface area contributed by atoms with Crippen LogP contribution in [0, 0.1) is 5.41 Å². The van der Waals surface area contributed by atoms with Crippen LogP contribution in [-0.4, -0.2) is 24.2 Å². The number of allylic oxidation sites excluding steroid dienone is 1. The summed E-state index contributed by atoms with van der Waals surface area (Å²) in [7, 11) is 1.33. The number of hydrogen-bond acceptors (Lipinski definition) is 3. The Morgan fingerprint density at radius 3 is 2.00 bits per heavy atom. The zero-order valence-electron chi connectivity index (χ0n) is 11.2. The van der Waals surface area contributed by atoms with Crippen LogP contribution in [0.5, 0.6) is 0 Å². The molecule has 0 aromatic rings. The molecule has 0 bridgehead atoms. The first kappa shape index (κ1) is 17.8. The normalized spacial score (nSPS) is 10.4. The second kappa shape index (κ2) is 8.56. The van der Waals surface area contributed by atoms with Gasteiger partial charge in [-0.25, -0.2) is 9.59 Å². The van der Waals surface area contributed by atoms with E-state index in [0.29, 0.717) is 5.57 Å². The first-order chi connectivity index (χ1) is 7.60. The van der Waals surface area contributed by atoms with Gasteiger partial charge in [-0.1, -0.05) is 33.4 Å². The number of aliphatic carboxylic acids is 1. The number of carbonyl (C=O) groups excluding carboxylic acids is 1. The number of carboxylic acids is 1. The van der Waals surface area contributed by atoms with E-state index in [4.69, 9.17) is 5.11 Å². The molecule has 0 unspecified atom stereocenters. The predicted molar refractivity (Wildman–Crippen MR) is 67.7 cm³/mol. The summed E-state index contributed by atoms with van der Waals surface area (Å²) in [6.45, 7) is 11.2. The molecule has 0 saturated carbocycles. The maximum Gasteiger partial charge on any atom is 0.332 e. The fourth-order valence-electron chi connectivity index (χ4n) is 0.688. The number of carboxylic acid groups (broad SMARTS) is 1. The second-order valence-corrected chi connectivity index (χ2v) is 4.78. The first-order valence-electron chi connectivity index (χ1n) is 5.23. The lowest BCUT2D eigenvalue weighted by Crippen LogP contribution is -2.02. The Kier molecular flexibility index (Phi) is 8.96. The number of esters is 1. The third-order valence-corrected chi connectivity index (χ3v) is 1.52. The Hall–Kier alpha value is -1.58. The van der Waals surface area contributed by atoms with Gasteiger partial charge in [-0.3, -0.25) is 0 Å². The zero-order chi connectivity index (χ0) is 14.1. The lowest BCUT2D eigenvalue weighted by Gasteiger charge is -2.13. The van der Waals surface area contributed by atoms with Crippen molar-refractivity contribution in [3.8, 4) is 0 Å². The Labute approximate surface area is 103 Å². The monoisotopic (exact) mass is 242 g/mol. The molecule has 17 heavy (non-hydrogen) atoms. The van der Waals surface area contributed by atoms with Crippen molar-refractivity contribution < 1.29 is 19.4 Å². The highest BCUT2D eigenvalue weighted by Crippen LogP contribution is 2.18. The molecule has 0 aliphatic carbocycles. The van der Waals surface area contributed by atoms with Crippen LogP contribution in [0.25, 0.3) is 0 Å². The number of ether oxygens (including phenoxy) is 1. The van der Waals surface area contributed by atoms with E-state index in [1.54, 1.807) is 13.0 Å². The molecule has 0 radical (unpaired) electrons. The minimum absolute atomic E-state index is 0.186. The summed E-state index contributed by atoms with van der Waals surface area (Å²) < 4.78 is 4.27. The van der Waals surface area contributed by atoms with Gasteiger partial charge in [0, 0.05) is 11.6 Å². The smallest absolute Gasteiger partial charge is 0.332 e. The van der Waals surface area contributed by atoms with E-state index in [-0.39, 0.29) is 11.4 Å². The standard InChI is InChI=1S/C8H14O2.C5H8O2/c1-8(2,3)6-4-5-7(9)10;1-4(2)5(6)7-3/h4-5H,6H2,1-3H3,(H,9,10);1H2,2-3H3. The molecule has 1 N–H and O–H groups in total. The first-order valence-corrected chi connectivity index (χ1v) is 5.23. The summed E-state index contributed by atoms with van der Waals surface area (Å²) >= 11 is 0. The molecule has 0 rings (SSSR count). The molecule has 0 amide bonds. The summed E-state index contributed by atoms with van der Waals surface area (Å²) in [6, 6.07) is 0. The molecule has 98 valence electrons. The van der Waals surface area contributed by atoms with E-state index < -0.39 is 5.97 Å². The van der Waals surface area contributed by atoms with E-state index in [1.165, 1.54) is 13.2 Å². The van der Waals surface area contributed by atoms with Crippen molar-refractivity contribution in [2.75, 3.05) is 7.11 Å². The van der Waals surface area contributed by atoms with Crippen LogP contribution in [0.2, 0.25) is 0 Å². The molecule has 4 heteroatoms. The number of rotatable bonds is 3. The topological polar surface area (TPSA) is 63.6 Å². The summed E-state index contributed by atoms with van der Waals surface area (Å²) in [6.07, 6.45) is 3.67. The lowest BCUT2D eigenvalue weighted by atomic mass is 9.92. The van der Waals surface area contributed by atoms with Gasteiger partial charge in [0.15, 0.2) is 0 Å². The van der Waals surface area contributed by atoms with E-state index in [2.05, 4.69) is 32.1 Å². The molecule has 4 nitrogen and oxygen atoms in total. The molecule has 0 aromatic heterocycles. The quantitative estimate of drug-likeness (QED) is 0.610. The van der Waals surface area contributed by atoms with Crippen LogP contribution in [0.1, 0.15) is 34.1 Å². The van der Waals surface area contributed by atoms with Gasteiger partial charge in [0.2, 0.25) is 0 Å². The minimum Gasteiger partial charge on any atom is -0.478 e. The fraction of sp³-hybridized carbons (Fsp3) is 0.538. The van der Waals surface area contributed by atoms with Gasteiger partial charge >= 0.3 is 11.9 Å². The Morgan fingerprint density at radius 1 is 1.35 bits per heavy atom. The van der Waals surface area contributed by atoms with Crippen LogP contribution in [0.4, 0.5) is 0 Å². The van der Waals surface area contributed by atoms with Crippen molar-refractivity contribution in [1.82, 2.24) is 0 Å². The Bertz CT molecular complexity index is 295. The summed E-state index contributed by atoms with van der Waals surface area (Å²) in [5, 5.41) is 8.22. The van der Waals surface area contributed by atoms with Crippen LogP contribution >= 0.6 is 0 Å². The summed E-state index contributed by atoms with van der Waals surface area (Å²) in [4.78, 5) is 20.2. The van der Waals surface area contributed by atoms with Gasteiger partial charge in [-0.15, -0.1) is 0 Å². The average Bonchev–Trinajstić information content (AvgIpc) is 2.14. The predicted octanol–water partition coefficient (Wildman–Crippen LogP) is 2.80. The van der Waals surface area contributed by atoms with Crippen LogP contribution in [0.3, 0.4) is 0 Å². The Balaban J connectivity index is 0. The van der Waals surface area contributed by atoms with Crippen molar-refractivity contribution in [2.24, 2.45) is 5.41 Å². The third kappa shape index (κ3) is 17.1. The van der Waals surface area contributed by atoms with Crippen molar-refractivity contribution in [3.05, 3.63) is 24.3 Å². The fourth-order valence-corrected chi connectivity index (χ4v) is 0.688. The molecule has 0 spiro atoms. The van der Waals surface area contributed by atoms with Gasteiger partial charge < -0.3 is 9.84 Å². The molecular formula is C13H22O4. The summed E-state index contributed by atoms with van der Waals surface area (Å²) in [5.41, 5.74) is 0.619. The highest BCUT2D eigenvalue weighted by atomic mass is 16.5. The van der Waals surface area contributed by atoms with Gasteiger partial charge in [0.25, 0.3) is 0 Å². The summed E-state index contributed by atoms with van der Waals surface area (Å²) in [5.74, 6) is -1.22. The maximum atomic E-state index is 10.2. The largest absolute Gasteiger partial charge is 0.478 e. The second-order valence-electron chi connectivity index (χ2n) is 4.78. The van der Waals surface area contributed by atoms with Crippen LogP contribution in [0.15, 0.2) is 24.3 Å². The molecule has 0 atom stereocenters. The van der Waals surface area contributed by atoms with Crippen LogP contribution in [-0.2, 0) is 14.3 Å². The Morgan fingerprint density at radius 2 is 1.82 bits per heavy atom. The third-order valence-electron chi connectivity index (χ3n) is 1.52. The average molecular weight is 242 g/mol. The molecular weight excluding hydrogens is 220 g/mol. The van der Waals surface area contributed by atoms with Crippen LogP contribution < -0.4 is 0 Å². The molecule has 0 fully saturated rings. The van der Waals surface area contributed by atoms with Crippen molar-refractivity contribution in [3.63, 3.8) is 0 Å². The highest BCUT2D eigenvalue weighted by molar-refractivity contribution is 5.86. The molecule has 0 heterocycles. The SMILES string of the molecule is C=C(C)C(=O)OC.CC(C)(C)CC=CC(=O)O. The van der Waals surface area contributed by atoms with Gasteiger partial charge in [0.1, 0.15) is 0 Å². The van der Waals surface area contributed by atoms with E-state index in [9.17, 15) is 9.59 Å². The molecule has 0 aliphatic rings. The van der Waals surface area contributed by atoms with E-state index >= 15 is 0 Å². The highest BCUT2D eigenvalue weighted by Gasteiger charge is 2.06. The molecule has 0 aliphatic heterocycles.